The van der Waals surface area contributed by atoms with Gasteiger partial charge in [0.05, 0.1) is 7.11 Å². The van der Waals surface area contributed by atoms with E-state index in [2.05, 4.69) is 41.4 Å². The Morgan fingerprint density at radius 1 is 1.15 bits per heavy atom. The van der Waals surface area contributed by atoms with Gasteiger partial charge in [0.2, 0.25) is 5.91 Å². The van der Waals surface area contributed by atoms with Crippen LogP contribution in [-0.2, 0) is 17.9 Å². The van der Waals surface area contributed by atoms with E-state index in [-0.39, 0.29) is 11.8 Å². The number of aryl methyl sites for hydroxylation is 1. The van der Waals surface area contributed by atoms with E-state index in [0.29, 0.717) is 6.54 Å². The molecule has 0 saturated carbocycles. The first-order valence-electron chi connectivity index (χ1n) is 9.33. The highest BCUT2D eigenvalue weighted by molar-refractivity contribution is 5.78. The minimum atomic E-state index is 0.110. The third-order valence-electron chi connectivity index (χ3n) is 5.09. The maximum absolute atomic E-state index is 12.5. The Labute approximate surface area is 156 Å². The normalized spacial score (nSPS) is 15.6. The van der Waals surface area contributed by atoms with E-state index in [1.807, 2.05) is 24.3 Å². The van der Waals surface area contributed by atoms with Crippen LogP contribution in [-0.4, -0.2) is 31.0 Å². The van der Waals surface area contributed by atoms with Crippen molar-refractivity contribution in [1.82, 2.24) is 10.2 Å². The van der Waals surface area contributed by atoms with Crippen molar-refractivity contribution in [2.24, 2.45) is 5.92 Å². The lowest BCUT2D eigenvalue weighted by Gasteiger charge is -2.31. The molecule has 0 radical (unpaired) electrons. The molecule has 1 fully saturated rings. The highest BCUT2D eigenvalue weighted by Gasteiger charge is 2.24. The van der Waals surface area contributed by atoms with Crippen molar-refractivity contribution in [2.45, 2.75) is 32.9 Å². The summed E-state index contributed by atoms with van der Waals surface area (Å²) >= 11 is 0. The molecular formula is C22H28N2O2. The Bertz CT molecular complexity index is 736. The standard InChI is InChI=1S/C22H28N2O2/c1-17-6-5-7-18(14-17)16-24-12-10-19(11-13-24)22(25)23-15-20-8-3-4-9-21(20)26-2/h3-9,14,19H,10-13,15-16H2,1-2H3,(H,23,25). The summed E-state index contributed by atoms with van der Waals surface area (Å²) in [5, 5.41) is 3.08. The third kappa shape index (κ3) is 4.85. The van der Waals surface area contributed by atoms with Gasteiger partial charge in [-0.15, -0.1) is 0 Å². The summed E-state index contributed by atoms with van der Waals surface area (Å²) in [6.45, 7) is 5.56. The third-order valence-corrected chi connectivity index (χ3v) is 5.09. The average molecular weight is 352 g/mol. The maximum atomic E-state index is 12.5. The van der Waals surface area contributed by atoms with Gasteiger partial charge in [-0.25, -0.2) is 0 Å². The van der Waals surface area contributed by atoms with Gasteiger partial charge in [-0.05, 0) is 44.5 Å². The number of para-hydroxylation sites is 1. The number of rotatable bonds is 6. The number of hydrogen-bond donors (Lipinski definition) is 1. The van der Waals surface area contributed by atoms with Gasteiger partial charge in [0.25, 0.3) is 0 Å². The fourth-order valence-corrected chi connectivity index (χ4v) is 3.60. The molecule has 0 atom stereocenters. The molecule has 2 aromatic rings. The molecule has 2 aromatic carbocycles. The molecule has 0 bridgehead atoms. The van der Waals surface area contributed by atoms with Gasteiger partial charge in [-0.1, -0.05) is 48.0 Å². The molecule has 1 heterocycles. The van der Waals surface area contributed by atoms with Gasteiger partial charge in [0.15, 0.2) is 0 Å². The van der Waals surface area contributed by atoms with Crippen molar-refractivity contribution in [1.29, 1.82) is 0 Å². The zero-order chi connectivity index (χ0) is 18.4. The van der Waals surface area contributed by atoms with Gasteiger partial charge >= 0.3 is 0 Å². The molecule has 0 unspecified atom stereocenters. The second kappa shape index (κ2) is 8.86. The van der Waals surface area contributed by atoms with E-state index in [0.717, 1.165) is 43.8 Å². The summed E-state index contributed by atoms with van der Waals surface area (Å²) in [5.41, 5.74) is 3.66. The van der Waals surface area contributed by atoms with E-state index in [1.165, 1.54) is 11.1 Å². The molecule has 1 aliphatic rings. The summed E-state index contributed by atoms with van der Waals surface area (Å²) < 4.78 is 5.34. The Morgan fingerprint density at radius 3 is 2.65 bits per heavy atom. The molecule has 0 spiro atoms. The van der Waals surface area contributed by atoms with Crippen LogP contribution in [0.2, 0.25) is 0 Å². The number of hydrogen-bond acceptors (Lipinski definition) is 3. The van der Waals surface area contributed by atoms with E-state index in [9.17, 15) is 4.79 Å². The number of piperidine rings is 1. The average Bonchev–Trinajstić information content (AvgIpc) is 2.67. The van der Waals surface area contributed by atoms with E-state index in [1.54, 1.807) is 7.11 Å². The van der Waals surface area contributed by atoms with Crippen molar-refractivity contribution < 1.29 is 9.53 Å². The number of benzene rings is 2. The van der Waals surface area contributed by atoms with Crippen LogP contribution in [0.1, 0.15) is 29.5 Å². The second-order valence-electron chi connectivity index (χ2n) is 7.07. The van der Waals surface area contributed by atoms with Crippen molar-refractivity contribution in [3.8, 4) is 5.75 Å². The molecule has 1 amide bonds. The van der Waals surface area contributed by atoms with Crippen LogP contribution >= 0.6 is 0 Å². The number of ether oxygens (including phenoxy) is 1. The smallest absolute Gasteiger partial charge is 0.223 e. The molecule has 4 nitrogen and oxygen atoms in total. The number of likely N-dealkylation sites (tertiary alicyclic amines) is 1. The molecule has 3 rings (SSSR count). The molecule has 1 N–H and O–H groups in total. The molecule has 0 aliphatic carbocycles. The lowest BCUT2D eigenvalue weighted by atomic mass is 9.95. The highest BCUT2D eigenvalue weighted by atomic mass is 16.5. The number of carbonyl (C=O) groups excluding carboxylic acids is 1. The van der Waals surface area contributed by atoms with Gasteiger partial charge in [-0.2, -0.15) is 0 Å². The monoisotopic (exact) mass is 352 g/mol. The molecule has 4 heteroatoms. The number of nitrogens with one attached hydrogen (secondary N) is 1. The quantitative estimate of drug-likeness (QED) is 0.865. The SMILES string of the molecule is COc1ccccc1CNC(=O)C1CCN(Cc2cccc(C)c2)CC1. The van der Waals surface area contributed by atoms with Crippen LogP contribution < -0.4 is 10.1 Å². The number of carbonyl (C=O) groups is 1. The Kier molecular flexibility index (Phi) is 6.29. The topological polar surface area (TPSA) is 41.6 Å². The van der Waals surface area contributed by atoms with E-state index < -0.39 is 0 Å². The molecule has 138 valence electrons. The molecule has 26 heavy (non-hydrogen) atoms. The zero-order valence-corrected chi connectivity index (χ0v) is 15.7. The van der Waals surface area contributed by atoms with Gasteiger partial charge in [0, 0.05) is 24.6 Å². The largest absolute Gasteiger partial charge is 0.496 e. The molecule has 0 aromatic heterocycles. The van der Waals surface area contributed by atoms with Crippen molar-refractivity contribution in [2.75, 3.05) is 20.2 Å². The van der Waals surface area contributed by atoms with Gasteiger partial charge < -0.3 is 10.1 Å². The van der Waals surface area contributed by atoms with Crippen LogP contribution in [0.3, 0.4) is 0 Å². The van der Waals surface area contributed by atoms with E-state index >= 15 is 0 Å². The second-order valence-corrected chi connectivity index (χ2v) is 7.07. The fraction of sp³-hybridized carbons (Fsp3) is 0.409. The number of amides is 1. The number of nitrogens with zero attached hydrogens (tertiary/aromatic N) is 1. The maximum Gasteiger partial charge on any atom is 0.223 e. The first-order chi connectivity index (χ1) is 12.7. The lowest BCUT2D eigenvalue weighted by Crippen LogP contribution is -2.40. The summed E-state index contributed by atoms with van der Waals surface area (Å²) in [5.74, 6) is 1.09. The Balaban J connectivity index is 1.46. The van der Waals surface area contributed by atoms with Crippen molar-refractivity contribution in [3.05, 3.63) is 65.2 Å². The van der Waals surface area contributed by atoms with Crippen LogP contribution in [0.5, 0.6) is 5.75 Å². The van der Waals surface area contributed by atoms with Crippen LogP contribution in [0.25, 0.3) is 0 Å². The highest BCUT2D eigenvalue weighted by Crippen LogP contribution is 2.21. The van der Waals surface area contributed by atoms with Crippen LogP contribution in [0.15, 0.2) is 48.5 Å². The van der Waals surface area contributed by atoms with Crippen LogP contribution in [0.4, 0.5) is 0 Å². The zero-order valence-electron chi connectivity index (χ0n) is 15.7. The minimum absolute atomic E-state index is 0.110. The Hall–Kier alpha value is -2.33. The van der Waals surface area contributed by atoms with Gasteiger partial charge in [0.1, 0.15) is 5.75 Å². The van der Waals surface area contributed by atoms with Crippen molar-refractivity contribution in [3.63, 3.8) is 0 Å². The fourth-order valence-electron chi connectivity index (χ4n) is 3.60. The van der Waals surface area contributed by atoms with E-state index in [4.69, 9.17) is 4.74 Å². The Morgan fingerprint density at radius 2 is 1.92 bits per heavy atom. The van der Waals surface area contributed by atoms with Crippen LogP contribution in [0, 0.1) is 12.8 Å². The summed E-state index contributed by atoms with van der Waals surface area (Å²) in [4.78, 5) is 15.0. The summed E-state index contributed by atoms with van der Waals surface area (Å²) in [6, 6.07) is 16.5. The first-order valence-corrected chi connectivity index (χ1v) is 9.33. The van der Waals surface area contributed by atoms with Crippen molar-refractivity contribution >= 4 is 5.91 Å². The summed E-state index contributed by atoms with van der Waals surface area (Å²) in [7, 11) is 1.66. The lowest BCUT2D eigenvalue weighted by molar-refractivity contribution is -0.126. The van der Waals surface area contributed by atoms with Gasteiger partial charge in [-0.3, -0.25) is 9.69 Å². The molecular weight excluding hydrogens is 324 g/mol. The molecule has 1 aliphatic heterocycles. The predicted octanol–water partition coefficient (Wildman–Crippen LogP) is 3.53. The summed E-state index contributed by atoms with van der Waals surface area (Å²) in [6.07, 6.45) is 1.84. The predicted molar refractivity (Wildman–Crippen MR) is 104 cm³/mol. The number of methoxy groups -OCH3 is 1. The minimum Gasteiger partial charge on any atom is -0.496 e. The molecule has 1 saturated heterocycles. The first kappa shape index (κ1) is 18.5.